The van der Waals surface area contributed by atoms with Crippen molar-refractivity contribution < 1.29 is 23.1 Å². The first-order valence-corrected chi connectivity index (χ1v) is 9.10. The third-order valence-electron chi connectivity index (χ3n) is 4.52. The van der Waals surface area contributed by atoms with Crippen molar-refractivity contribution in [3.05, 3.63) is 70.8 Å². The number of benzene rings is 2. The number of anilines is 1. The van der Waals surface area contributed by atoms with Gasteiger partial charge in [0.1, 0.15) is 35.7 Å². The van der Waals surface area contributed by atoms with Crippen molar-refractivity contribution in [1.29, 1.82) is 0 Å². The SMILES string of the molecule is Cc1cc(F)c2c(c1)OC[C@H](NC(=O)c1n[nH]c(Cc3ccccc3F)n1)C(=O)N2. The lowest BCUT2D eigenvalue weighted by atomic mass is 10.1. The van der Waals surface area contributed by atoms with Crippen molar-refractivity contribution in [2.24, 2.45) is 0 Å². The van der Waals surface area contributed by atoms with Gasteiger partial charge >= 0.3 is 0 Å². The molecule has 2 heterocycles. The molecule has 3 aromatic rings. The molecular formula is C20H17F2N5O3. The van der Waals surface area contributed by atoms with E-state index in [0.29, 0.717) is 11.1 Å². The third kappa shape index (κ3) is 3.97. The number of aromatic amines is 1. The van der Waals surface area contributed by atoms with E-state index in [1.54, 1.807) is 31.2 Å². The smallest absolute Gasteiger partial charge is 0.291 e. The number of rotatable bonds is 4. The van der Waals surface area contributed by atoms with Crippen molar-refractivity contribution in [3.63, 3.8) is 0 Å². The zero-order valence-corrected chi connectivity index (χ0v) is 15.8. The maximum Gasteiger partial charge on any atom is 0.291 e. The minimum absolute atomic E-state index is 0.0765. The Morgan fingerprint density at radius 2 is 2.07 bits per heavy atom. The summed E-state index contributed by atoms with van der Waals surface area (Å²) in [5.41, 5.74) is 0.950. The lowest BCUT2D eigenvalue weighted by molar-refractivity contribution is -0.118. The quantitative estimate of drug-likeness (QED) is 0.607. The molecule has 1 atom stereocenters. The predicted molar refractivity (Wildman–Crippen MR) is 102 cm³/mol. The van der Waals surface area contributed by atoms with E-state index in [-0.39, 0.29) is 36.1 Å². The molecule has 1 aromatic heterocycles. The largest absolute Gasteiger partial charge is 0.489 e. The van der Waals surface area contributed by atoms with Crippen molar-refractivity contribution in [1.82, 2.24) is 20.5 Å². The summed E-state index contributed by atoms with van der Waals surface area (Å²) in [6.45, 7) is 1.50. The number of aryl methyl sites for hydroxylation is 1. The van der Waals surface area contributed by atoms with Gasteiger partial charge in [-0.25, -0.2) is 13.8 Å². The molecule has 0 radical (unpaired) electrons. The summed E-state index contributed by atoms with van der Waals surface area (Å²) in [7, 11) is 0. The van der Waals surface area contributed by atoms with Gasteiger partial charge in [0, 0.05) is 6.42 Å². The van der Waals surface area contributed by atoms with Gasteiger partial charge in [-0.2, -0.15) is 0 Å². The molecule has 0 unspecified atom stereocenters. The fraction of sp³-hybridized carbons (Fsp3) is 0.200. The molecule has 0 aliphatic carbocycles. The fourth-order valence-electron chi connectivity index (χ4n) is 3.03. The van der Waals surface area contributed by atoms with Crippen LogP contribution in [0.1, 0.15) is 27.6 Å². The number of hydrogen-bond acceptors (Lipinski definition) is 5. The Morgan fingerprint density at radius 1 is 1.27 bits per heavy atom. The lowest BCUT2D eigenvalue weighted by Crippen LogP contribution is -2.46. The number of halogens is 2. The Hall–Kier alpha value is -3.82. The van der Waals surface area contributed by atoms with Crippen LogP contribution >= 0.6 is 0 Å². The van der Waals surface area contributed by atoms with Crippen molar-refractivity contribution in [3.8, 4) is 5.75 Å². The fourth-order valence-corrected chi connectivity index (χ4v) is 3.03. The molecule has 4 rings (SSSR count). The summed E-state index contributed by atoms with van der Waals surface area (Å²) in [4.78, 5) is 28.9. The summed E-state index contributed by atoms with van der Waals surface area (Å²) >= 11 is 0. The van der Waals surface area contributed by atoms with Crippen molar-refractivity contribution >= 4 is 17.5 Å². The molecular weight excluding hydrogens is 396 g/mol. The van der Waals surface area contributed by atoms with Crippen LogP contribution in [0.5, 0.6) is 5.75 Å². The monoisotopic (exact) mass is 413 g/mol. The summed E-state index contributed by atoms with van der Waals surface area (Å²) in [6.07, 6.45) is 0.119. The van der Waals surface area contributed by atoms with Gasteiger partial charge in [0.25, 0.3) is 11.8 Å². The van der Waals surface area contributed by atoms with Crippen LogP contribution in [0.4, 0.5) is 14.5 Å². The van der Waals surface area contributed by atoms with Crippen LogP contribution < -0.4 is 15.4 Å². The average Bonchev–Trinajstić information content (AvgIpc) is 3.11. The number of fused-ring (bicyclic) bond motifs is 1. The van der Waals surface area contributed by atoms with Crippen LogP contribution in [0.15, 0.2) is 36.4 Å². The highest BCUT2D eigenvalue weighted by Crippen LogP contribution is 2.31. The second-order valence-corrected chi connectivity index (χ2v) is 6.82. The number of hydrogen-bond donors (Lipinski definition) is 3. The van der Waals surface area contributed by atoms with E-state index in [1.165, 1.54) is 12.1 Å². The molecule has 1 aliphatic heterocycles. The van der Waals surface area contributed by atoms with E-state index in [9.17, 15) is 18.4 Å². The minimum Gasteiger partial charge on any atom is -0.489 e. The molecule has 2 amide bonds. The highest BCUT2D eigenvalue weighted by molar-refractivity contribution is 6.01. The Morgan fingerprint density at radius 3 is 2.87 bits per heavy atom. The molecule has 2 aromatic carbocycles. The van der Waals surface area contributed by atoms with Crippen LogP contribution in [-0.4, -0.2) is 39.6 Å². The maximum absolute atomic E-state index is 14.1. The Kier molecular flexibility index (Phi) is 5.13. The van der Waals surface area contributed by atoms with Crippen LogP contribution in [-0.2, 0) is 11.2 Å². The highest BCUT2D eigenvalue weighted by atomic mass is 19.1. The molecule has 30 heavy (non-hydrogen) atoms. The summed E-state index contributed by atoms with van der Waals surface area (Å²) in [5.74, 6) is -2.12. The van der Waals surface area contributed by atoms with E-state index in [1.807, 2.05) is 0 Å². The second kappa shape index (κ2) is 7.90. The zero-order valence-electron chi connectivity index (χ0n) is 15.8. The van der Waals surface area contributed by atoms with Crippen molar-refractivity contribution in [2.45, 2.75) is 19.4 Å². The summed E-state index contributed by atoms with van der Waals surface area (Å²) < 4.78 is 33.4. The topological polar surface area (TPSA) is 109 Å². The number of nitrogens with one attached hydrogen (secondary N) is 3. The number of aromatic nitrogens is 3. The molecule has 154 valence electrons. The molecule has 0 saturated carbocycles. The van der Waals surface area contributed by atoms with Crippen molar-refractivity contribution in [2.75, 3.05) is 11.9 Å². The molecule has 0 fully saturated rings. The Labute approximate surface area is 169 Å². The Balaban J connectivity index is 1.44. The summed E-state index contributed by atoms with van der Waals surface area (Å²) in [6, 6.07) is 7.96. The van der Waals surface area contributed by atoms with Gasteiger partial charge in [0.05, 0.1) is 0 Å². The van der Waals surface area contributed by atoms with E-state index in [4.69, 9.17) is 4.74 Å². The summed E-state index contributed by atoms with van der Waals surface area (Å²) in [5, 5.41) is 11.3. The zero-order chi connectivity index (χ0) is 21.3. The van der Waals surface area contributed by atoms with Crippen LogP contribution in [0.3, 0.4) is 0 Å². The number of H-pyrrole nitrogens is 1. The van der Waals surface area contributed by atoms with Crippen LogP contribution in [0, 0.1) is 18.6 Å². The molecule has 0 bridgehead atoms. The van der Waals surface area contributed by atoms with Gasteiger partial charge in [-0.3, -0.25) is 14.7 Å². The number of ether oxygens (including phenoxy) is 1. The first-order chi connectivity index (χ1) is 14.4. The molecule has 0 spiro atoms. The number of nitrogens with zero attached hydrogens (tertiary/aromatic N) is 2. The molecule has 0 saturated heterocycles. The second-order valence-electron chi connectivity index (χ2n) is 6.82. The van der Waals surface area contributed by atoms with Crippen LogP contribution in [0.2, 0.25) is 0 Å². The van der Waals surface area contributed by atoms with E-state index < -0.39 is 29.5 Å². The first kappa shape index (κ1) is 19.5. The predicted octanol–water partition coefficient (Wildman–Crippen LogP) is 2.11. The van der Waals surface area contributed by atoms with E-state index in [2.05, 4.69) is 25.8 Å². The van der Waals surface area contributed by atoms with Gasteiger partial charge in [-0.15, -0.1) is 5.10 Å². The third-order valence-corrected chi connectivity index (χ3v) is 4.52. The van der Waals surface area contributed by atoms with Gasteiger partial charge in [0.2, 0.25) is 5.82 Å². The average molecular weight is 413 g/mol. The number of amides is 2. The maximum atomic E-state index is 14.1. The standard InChI is InChI=1S/C20H17F2N5O3/c1-10-6-13(22)17-15(7-10)30-9-14(19(28)25-17)23-20(29)18-24-16(26-27-18)8-11-4-2-3-5-12(11)21/h2-7,14H,8-9H2,1H3,(H,23,29)(H,25,28)(H,24,26,27)/t14-/m0/s1. The van der Waals surface area contributed by atoms with Gasteiger partial charge in [-0.05, 0) is 36.2 Å². The van der Waals surface area contributed by atoms with Crippen LogP contribution in [0.25, 0.3) is 0 Å². The van der Waals surface area contributed by atoms with Gasteiger partial charge < -0.3 is 15.4 Å². The molecule has 3 N–H and O–H groups in total. The van der Waals surface area contributed by atoms with Gasteiger partial charge in [0.15, 0.2) is 5.82 Å². The number of carbonyl (C=O) groups is 2. The lowest BCUT2D eigenvalue weighted by Gasteiger charge is -2.13. The van der Waals surface area contributed by atoms with E-state index >= 15 is 0 Å². The van der Waals surface area contributed by atoms with Gasteiger partial charge in [-0.1, -0.05) is 18.2 Å². The number of carbonyl (C=O) groups excluding carboxylic acids is 2. The molecule has 8 nitrogen and oxygen atoms in total. The minimum atomic E-state index is -1.09. The molecule has 1 aliphatic rings. The highest BCUT2D eigenvalue weighted by Gasteiger charge is 2.29. The first-order valence-electron chi connectivity index (χ1n) is 9.10. The Bertz CT molecular complexity index is 1130. The normalized spacial score (nSPS) is 15.6. The van der Waals surface area contributed by atoms with E-state index in [0.717, 1.165) is 0 Å². The molecule has 10 heteroatoms.